The van der Waals surface area contributed by atoms with Crippen molar-refractivity contribution in [1.82, 2.24) is 0 Å². The predicted octanol–water partition coefficient (Wildman–Crippen LogP) is 3.95. The van der Waals surface area contributed by atoms with Gasteiger partial charge in [-0.1, -0.05) is 11.8 Å². The summed E-state index contributed by atoms with van der Waals surface area (Å²) in [5.41, 5.74) is 1.95. The molecule has 14 heavy (non-hydrogen) atoms. The van der Waals surface area contributed by atoms with Crippen molar-refractivity contribution >= 4 is 31.9 Å². The van der Waals surface area contributed by atoms with Crippen LogP contribution in [0.2, 0.25) is 0 Å². The molecule has 0 aliphatic rings. The molecule has 0 radical (unpaired) electrons. The molecule has 0 bridgehead atoms. The van der Waals surface area contributed by atoms with Crippen molar-refractivity contribution in [2.45, 2.75) is 13.8 Å². The van der Waals surface area contributed by atoms with E-state index >= 15 is 0 Å². The molecule has 0 atom stereocenters. The first-order valence-corrected chi connectivity index (χ1v) is 5.62. The quantitative estimate of drug-likeness (QED) is 0.636. The summed E-state index contributed by atoms with van der Waals surface area (Å²) in [6.45, 7) is 3.64. The Morgan fingerprint density at radius 3 is 1.50 bits per heavy atom. The summed E-state index contributed by atoms with van der Waals surface area (Å²) in [7, 11) is 0. The zero-order valence-electron chi connectivity index (χ0n) is 7.91. The summed E-state index contributed by atoms with van der Waals surface area (Å²) in [4.78, 5) is 0. The van der Waals surface area contributed by atoms with E-state index in [2.05, 4.69) is 55.5 Å². The van der Waals surface area contributed by atoms with Crippen LogP contribution in [-0.4, -0.2) is 0 Å². The third-order valence-corrected chi connectivity index (χ3v) is 2.89. The highest BCUT2D eigenvalue weighted by molar-refractivity contribution is 9.11. The van der Waals surface area contributed by atoms with Gasteiger partial charge in [0.25, 0.3) is 0 Å². The van der Waals surface area contributed by atoms with Gasteiger partial charge in [-0.3, -0.25) is 0 Å². The third-order valence-electron chi connectivity index (χ3n) is 1.58. The highest BCUT2D eigenvalue weighted by Gasteiger charge is 2.02. The molecule has 2 heteroatoms. The van der Waals surface area contributed by atoms with E-state index in [9.17, 15) is 0 Å². The van der Waals surface area contributed by atoms with Crippen LogP contribution >= 0.6 is 31.9 Å². The Bertz CT molecular complexity index is 419. The standard InChI is InChI=1S/C12H8Br2/c1-3-5-9-7-12(14)10(6-4-2)8-11(9)13/h7-8H,1-2H3. The van der Waals surface area contributed by atoms with Gasteiger partial charge in [-0.25, -0.2) is 0 Å². The second-order valence-corrected chi connectivity index (χ2v) is 4.27. The van der Waals surface area contributed by atoms with Crippen LogP contribution in [0.1, 0.15) is 25.0 Å². The SMILES string of the molecule is CC#Cc1cc(Br)c(C#CC)cc1Br. The van der Waals surface area contributed by atoms with Gasteiger partial charge >= 0.3 is 0 Å². The number of halogens is 2. The van der Waals surface area contributed by atoms with Crippen LogP contribution in [0.3, 0.4) is 0 Å². The number of benzene rings is 1. The van der Waals surface area contributed by atoms with Gasteiger partial charge in [0.2, 0.25) is 0 Å². The number of hydrogen-bond donors (Lipinski definition) is 0. The maximum atomic E-state index is 3.46. The van der Waals surface area contributed by atoms with Gasteiger partial charge in [0.15, 0.2) is 0 Å². The summed E-state index contributed by atoms with van der Waals surface area (Å²) in [6.07, 6.45) is 0. The van der Waals surface area contributed by atoms with Crippen LogP contribution in [0, 0.1) is 23.7 Å². The lowest BCUT2D eigenvalue weighted by atomic mass is 10.1. The molecule has 0 unspecified atom stereocenters. The summed E-state index contributed by atoms with van der Waals surface area (Å²) in [5, 5.41) is 0. The molecular weight excluding hydrogens is 304 g/mol. The average Bonchev–Trinajstić information content (AvgIpc) is 2.14. The van der Waals surface area contributed by atoms with Gasteiger partial charge in [0.1, 0.15) is 0 Å². The zero-order valence-corrected chi connectivity index (χ0v) is 11.1. The highest BCUT2D eigenvalue weighted by atomic mass is 79.9. The number of hydrogen-bond acceptors (Lipinski definition) is 0. The minimum Gasteiger partial charge on any atom is -0.101 e. The van der Waals surface area contributed by atoms with Gasteiger partial charge in [0, 0.05) is 20.1 Å². The molecule has 0 aromatic heterocycles. The summed E-state index contributed by atoms with van der Waals surface area (Å²) < 4.78 is 1.96. The van der Waals surface area contributed by atoms with E-state index in [-0.39, 0.29) is 0 Å². The summed E-state index contributed by atoms with van der Waals surface area (Å²) >= 11 is 6.92. The third kappa shape index (κ3) is 2.64. The first-order valence-electron chi connectivity index (χ1n) is 4.03. The first-order chi connectivity index (χ1) is 6.69. The van der Waals surface area contributed by atoms with Crippen LogP contribution in [-0.2, 0) is 0 Å². The van der Waals surface area contributed by atoms with E-state index in [1.165, 1.54) is 0 Å². The minimum absolute atomic E-state index is 0.973. The maximum Gasteiger partial charge on any atom is 0.0399 e. The van der Waals surface area contributed by atoms with E-state index in [1.807, 2.05) is 26.0 Å². The first kappa shape index (κ1) is 11.4. The summed E-state index contributed by atoms with van der Waals surface area (Å²) in [5.74, 6) is 11.8. The molecule has 0 fully saturated rings. The Labute approximate surface area is 101 Å². The molecule has 0 nitrogen and oxygen atoms in total. The van der Waals surface area contributed by atoms with Crippen LogP contribution in [0.25, 0.3) is 0 Å². The van der Waals surface area contributed by atoms with Gasteiger partial charge in [-0.2, -0.15) is 0 Å². The molecular formula is C12H8Br2. The number of rotatable bonds is 0. The predicted molar refractivity (Wildman–Crippen MR) is 66.9 cm³/mol. The molecule has 0 aliphatic heterocycles. The molecule has 1 aromatic carbocycles. The van der Waals surface area contributed by atoms with Gasteiger partial charge in [-0.15, -0.1) is 11.8 Å². The van der Waals surface area contributed by atoms with E-state index in [0.717, 1.165) is 20.1 Å². The smallest absolute Gasteiger partial charge is 0.0399 e. The van der Waals surface area contributed by atoms with Gasteiger partial charge < -0.3 is 0 Å². The molecule has 0 aliphatic carbocycles. The van der Waals surface area contributed by atoms with Gasteiger partial charge in [-0.05, 0) is 57.8 Å². The van der Waals surface area contributed by atoms with Crippen molar-refractivity contribution in [2.75, 3.05) is 0 Å². The molecule has 0 saturated heterocycles. The Balaban J connectivity index is 3.33. The lowest BCUT2D eigenvalue weighted by Crippen LogP contribution is -1.83. The van der Waals surface area contributed by atoms with Crippen LogP contribution in [0.5, 0.6) is 0 Å². The normalized spacial score (nSPS) is 8.29. The molecule has 0 heterocycles. The Morgan fingerprint density at radius 1 is 0.857 bits per heavy atom. The van der Waals surface area contributed by atoms with E-state index < -0.39 is 0 Å². The molecule has 0 amide bonds. The molecule has 1 aromatic rings. The molecule has 1 rings (SSSR count). The Morgan fingerprint density at radius 2 is 1.21 bits per heavy atom. The van der Waals surface area contributed by atoms with E-state index in [1.54, 1.807) is 0 Å². The fraction of sp³-hybridized carbons (Fsp3) is 0.167. The van der Waals surface area contributed by atoms with Crippen molar-refractivity contribution in [2.24, 2.45) is 0 Å². The largest absolute Gasteiger partial charge is 0.101 e. The highest BCUT2D eigenvalue weighted by Crippen LogP contribution is 2.24. The fourth-order valence-corrected chi connectivity index (χ4v) is 1.89. The van der Waals surface area contributed by atoms with E-state index in [0.29, 0.717) is 0 Å². The van der Waals surface area contributed by atoms with Crippen LogP contribution < -0.4 is 0 Å². The second-order valence-electron chi connectivity index (χ2n) is 2.56. The maximum absolute atomic E-state index is 3.46. The van der Waals surface area contributed by atoms with Crippen molar-refractivity contribution in [3.63, 3.8) is 0 Å². The zero-order chi connectivity index (χ0) is 10.6. The minimum atomic E-state index is 0.973. The molecule has 0 spiro atoms. The van der Waals surface area contributed by atoms with Crippen LogP contribution in [0.15, 0.2) is 21.1 Å². The fourth-order valence-electron chi connectivity index (χ4n) is 1.01. The second kappa shape index (κ2) is 5.25. The molecule has 0 saturated carbocycles. The molecule has 70 valence electrons. The van der Waals surface area contributed by atoms with Crippen LogP contribution in [0.4, 0.5) is 0 Å². The van der Waals surface area contributed by atoms with Crippen molar-refractivity contribution in [3.8, 4) is 23.7 Å². The van der Waals surface area contributed by atoms with Crippen molar-refractivity contribution in [1.29, 1.82) is 0 Å². The lowest BCUT2D eigenvalue weighted by molar-refractivity contribution is 1.51. The average molecular weight is 312 g/mol. The Kier molecular flexibility index (Phi) is 4.26. The van der Waals surface area contributed by atoms with Crippen molar-refractivity contribution < 1.29 is 0 Å². The monoisotopic (exact) mass is 310 g/mol. The molecule has 0 N–H and O–H groups in total. The van der Waals surface area contributed by atoms with Gasteiger partial charge in [0.05, 0.1) is 0 Å². The van der Waals surface area contributed by atoms with Crippen molar-refractivity contribution in [3.05, 3.63) is 32.2 Å². The summed E-state index contributed by atoms with van der Waals surface area (Å²) in [6, 6.07) is 3.94. The lowest BCUT2D eigenvalue weighted by Gasteiger charge is -2.00. The van der Waals surface area contributed by atoms with E-state index in [4.69, 9.17) is 0 Å². The topological polar surface area (TPSA) is 0 Å². The Hall–Kier alpha value is -0.700.